The van der Waals surface area contributed by atoms with Gasteiger partial charge in [0.2, 0.25) is 0 Å². The van der Waals surface area contributed by atoms with Crippen molar-refractivity contribution in [3.05, 3.63) is 0 Å². The van der Waals surface area contributed by atoms with Crippen molar-refractivity contribution < 1.29 is 23.1 Å². The third-order valence-electron chi connectivity index (χ3n) is 3.25. The zero-order valence-corrected chi connectivity index (χ0v) is 10.4. The fourth-order valence-electron chi connectivity index (χ4n) is 2.03. The maximum absolute atomic E-state index is 12.0. The van der Waals surface area contributed by atoms with Gasteiger partial charge in [0.25, 0.3) is 0 Å². The van der Waals surface area contributed by atoms with Crippen LogP contribution in [-0.4, -0.2) is 65.8 Å². The number of nitrogens with zero attached hydrogens (tertiary/aromatic N) is 2. The van der Waals surface area contributed by atoms with Crippen LogP contribution in [-0.2, 0) is 4.79 Å². The Balaban J connectivity index is 2.21. The molecule has 1 fully saturated rings. The smallest absolute Gasteiger partial charge is 0.389 e. The normalized spacial score (nSPS) is 20.9. The average molecular weight is 268 g/mol. The second-order valence-electron chi connectivity index (χ2n) is 4.61. The summed E-state index contributed by atoms with van der Waals surface area (Å²) >= 11 is 0. The lowest BCUT2D eigenvalue weighted by Gasteiger charge is -2.36. The molecule has 1 unspecified atom stereocenters. The first-order chi connectivity index (χ1) is 8.29. The van der Waals surface area contributed by atoms with E-state index in [2.05, 4.69) is 0 Å². The molecule has 18 heavy (non-hydrogen) atoms. The van der Waals surface area contributed by atoms with E-state index in [4.69, 9.17) is 5.11 Å². The maximum Gasteiger partial charge on any atom is 0.389 e. The van der Waals surface area contributed by atoms with Gasteiger partial charge in [0.15, 0.2) is 0 Å². The van der Waals surface area contributed by atoms with Gasteiger partial charge in [-0.05, 0) is 19.9 Å². The van der Waals surface area contributed by atoms with E-state index < -0.39 is 24.6 Å². The van der Waals surface area contributed by atoms with Crippen LogP contribution in [0.5, 0.6) is 0 Å². The Morgan fingerprint density at radius 2 is 1.83 bits per heavy atom. The van der Waals surface area contributed by atoms with E-state index in [-0.39, 0.29) is 6.42 Å². The highest BCUT2D eigenvalue weighted by Crippen LogP contribution is 2.21. The molecule has 1 aliphatic rings. The summed E-state index contributed by atoms with van der Waals surface area (Å²) in [5, 5.41) is 8.85. The van der Waals surface area contributed by atoms with E-state index in [1.54, 1.807) is 6.92 Å². The summed E-state index contributed by atoms with van der Waals surface area (Å²) in [6.45, 7) is 4.51. The molecule has 7 heteroatoms. The molecule has 0 spiro atoms. The zero-order chi connectivity index (χ0) is 13.8. The maximum atomic E-state index is 12.0. The van der Waals surface area contributed by atoms with Crippen molar-refractivity contribution >= 4 is 5.97 Å². The summed E-state index contributed by atoms with van der Waals surface area (Å²) in [5.74, 6) is -0.861. The fourth-order valence-corrected chi connectivity index (χ4v) is 2.03. The highest BCUT2D eigenvalue weighted by atomic mass is 19.4. The molecule has 0 radical (unpaired) electrons. The first-order valence-electron chi connectivity index (χ1n) is 6.05. The van der Waals surface area contributed by atoms with Gasteiger partial charge in [-0.1, -0.05) is 0 Å². The Morgan fingerprint density at radius 1 is 1.28 bits per heavy atom. The van der Waals surface area contributed by atoms with Crippen molar-refractivity contribution in [3.8, 4) is 0 Å². The first kappa shape index (κ1) is 15.2. The minimum atomic E-state index is -4.08. The lowest BCUT2D eigenvalue weighted by molar-refractivity contribution is -0.144. The van der Waals surface area contributed by atoms with Crippen molar-refractivity contribution in [2.24, 2.45) is 0 Å². The van der Waals surface area contributed by atoms with Crippen molar-refractivity contribution in [1.82, 2.24) is 9.80 Å². The highest BCUT2D eigenvalue weighted by molar-refractivity contribution is 5.72. The van der Waals surface area contributed by atoms with E-state index in [1.165, 1.54) is 0 Å². The highest BCUT2D eigenvalue weighted by Gasteiger charge is 2.28. The summed E-state index contributed by atoms with van der Waals surface area (Å²) in [4.78, 5) is 14.6. The van der Waals surface area contributed by atoms with Gasteiger partial charge in [-0.3, -0.25) is 9.69 Å². The minimum Gasteiger partial charge on any atom is -0.480 e. The largest absolute Gasteiger partial charge is 0.480 e. The third-order valence-corrected chi connectivity index (χ3v) is 3.25. The van der Waals surface area contributed by atoms with E-state index in [9.17, 15) is 18.0 Å². The number of hydrogen-bond donors (Lipinski definition) is 1. The predicted molar refractivity (Wildman–Crippen MR) is 60.4 cm³/mol. The van der Waals surface area contributed by atoms with Gasteiger partial charge < -0.3 is 10.0 Å². The molecule has 106 valence electrons. The molecule has 0 bridgehead atoms. The molecular weight excluding hydrogens is 249 g/mol. The van der Waals surface area contributed by atoms with Crippen LogP contribution >= 0.6 is 0 Å². The summed E-state index contributed by atoms with van der Waals surface area (Å²) in [6.07, 6.45) is -4.73. The van der Waals surface area contributed by atoms with Crippen LogP contribution in [0.2, 0.25) is 0 Å². The van der Waals surface area contributed by atoms with Gasteiger partial charge in [-0.2, -0.15) is 13.2 Å². The second-order valence-corrected chi connectivity index (χ2v) is 4.61. The van der Waals surface area contributed by atoms with Gasteiger partial charge in [0.05, 0.1) is 0 Å². The number of aliphatic carboxylic acids is 1. The summed E-state index contributed by atoms with van der Waals surface area (Å²) in [7, 11) is 0. The Labute approximate surface area is 104 Å². The number of hydrogen-bond acceptors (Lipinski definition) is 3. The van der Waals surface area contributed by atoms with E-state index in [0.717, 1.165) is 0 Å². The molecule has 1 rings (SSSR count). The predicted octanol–water partition coefficient (Wildman–Crippen LogP) is 1.42. The Morgan fingerprint density at radius 3 is 2.28 bits per heavy atom. The molecule has 1 heterocycles. The van der Waals surface area contributed by atoms with Crippen molar-refractivity contribution in [2.75, 3.05) is 32.7 Å². The summed E-state index contributed by atoms with van der Waals surface area (Å²) in [6, 6.07) is -0.526. The lowest BCUT2D eigenvalue weighted by Crippen LogP contribution is -2.51. The molecule has 0 amide bonds. The number of carbonyl (C=O) groups is 1. The summed E-state index contributed by atoms with van der Waals surface area (Å²) in [5.41, 5.74) is 0. The summed E-state index contributed by atoms with van der Waals surface area (Å²) < 4.78 is 35.9. The van der Waals surface area contributed by atoms with Crippen molar-refractivity contribution in [3.63, 3.8) is 0 Å². The minimum absolute atomic E-state index is 0.109. The second kappa shape index (κ2) is 6.38. The first-order valence-corrected chi connectivity index (χ1v) is 6.05. The van der Waals surface area contributed by atoms with E-state index >= 15 is 0 Å². The molecule has 0 aromatic heterocycles. The Kier molecular flexibility index (Phi) is 5.40. The van der Waals surface area contributed by atoms with Crippen LogP contribution in [0.25, 0.3) is 0 Å². The number of halogens is 3. The number of alkyl halides is 3. The molecule has 0 aromatic carbocycles. The molecular formula is C11H19F3N2O2. The lowest BCUT2D eigenvalue weighted by atomic mass is 10.2. The monoisotopic (exact) mass is 268 g/mol. The Bertz CT molecular complexity index is 276. The molecule has 1 aliphatic heterocycles. The van der Waals surface area contributed by atoms with E-state index in [1.807, 2.05) is 9.80 Å². The van der Waals surface area contributed by atoms with Crippen molar-refractivity contribution in [1.29, 1.82) is 0 Å². The topological polar surface area (TPSA) is 43.8 Å². The van der Waals surface area contributed by atoms with Crippen LogP contribution in [0.3, 0.4) is 0 Å². The molecule has 0 aliphatic carbocycles. The van der Waals surface area contributed by atoms with Crippen LogP contribution in [0.1, 0.15) is 19.8 Å². The Hall–Kier alpha value is -0.820. The number of carboxylic acid groups (broad SMARTS) is 1. The molecule has 1 atom stereocenters. The molecule has 0 saturated carbocycles. The SMILES string of the molecule is CC(C(=O)O)N1CCN(CCCC(F)(F)F)CC1. The van der Waals surface area contributed by atoms with E-state index in [0.29, 0.717) is 32.7 Å². The zero-order valence-electron chi connectivity index (χ0n) is 10.4. The fraction of sp³-hybridized carbons (Fsp3) is 0.909. The van der Waals surface area contributed by atoms with Crippen LogP contribution in [0.15, 0.2) is 0 Å². The van der Waals surface area contributed by atoms with Crippen molar-refractivity contribution in [2.45, 2.75) is 32.0 Å². The van der Waals surface area contributed by atoms with Gasteiger partial charge in [-0.25, -0.2) is 0 Å². The molecule has 1 N–H and O–H groups in total. The molecule has 0 aromatic rings. The van der Waals surface area contributed by atoms with Crippen LogP contribution < -0.4 is 0 Å². The van der Waals surface area contributed by atoms with Gasteiger partial charge >= 0.3 is 12.1 Å². The van der Waals surface area contributed by atoms with Crippen LogP contribution in [0.4, 0.5) is 13.2 Å². The molecule has 1 saturated heterocycles. The standard InChI is InChI=1S/C11H19F3N2O2/c1-9(10(17)18)16-7-5-15(6-8-16)4-2-3-11(12,13)14/h9H,2-8H2,1H3,(H,17,18). The van der Waals surface area contributed by atoms with Gasteiger partial charge in [0.1, 0.15) is 6.04 Å². The average Bonchev–Trinajstić information content (AvgIpc) is 2.27. The number of carboxylic acids is 1. The van der Waals surface area contributed by atoms with Crippen LogP contribution in [0, 0.1) is 0 Å². The van der Waals surface area contributed by atoms with Gasteiger partial charge in [-0.15, -0.1) is 0 Å². The quantitative estimate of drug-likeness (QED) is 0.819. The third kappa shape index (κ3) is 5.22. The number of rotatable bonds is 5. The number of piperazine rings is 1. The molecule has 4 nitrogen and oxygen atoms in total. The van der Waals surface area contributed by atoms with Gasteiger partial charge in [0, 0.05) is 32.6 Å².